The second kappa shape index (κ2) is 7.97. The van der Waals surface area contributed by atoms with Crippen molar-refractivity contribution in [1.82, 2.24) is 10.6 Å². The molecule has 126 valence electrons. The van der Waals surface area contributed by atoms with Crippen LogP contribution in [0.15, 0.2) is 60.7 Å². The van der Waals surface area contributed by atoms with Crippen LogP contribution in [0.4, 0.5) is 4.79 Å². The zero-order chi connectivity index (χ0) is 16.8. The summed E-state index contributed by atoms with van der Waals surface area (Å²) < 4.78 is 4.99. The van der Waals surface area contributed by atoms with Gasteiger partial charge in [-0.05, 0) is 24.5 Å². The Morgan fingerprint density at radius 3 is 2.25 bits per heavy atom. The molecule has 2 aromatic carbocycles. The van der Waals surface area contributed by atoms with Gasteiger partial charge in [0.05, 0.1) is 6.61 Å². The number of carbonyl (C=O) groups excluding carboxylic acids is 1. The molecule has 0 radical (unpaired) electrons. The molecule has 1 aliphatic heterocycles. The second-order valence-electron chi connectivity index (χ2n) is 6.11. The van der Waals surface area contributed by atoms with Crippen LogP contribution in [0.25, 0.3) is 0 Å². The van der Waals surface area contributed by atoms with Crippen LogP contribution in [0.1, 0.15) is 30.4 Å². The maximum atomic E-state index is 11.7. The smallest absolute Gasteiger partial charge is 0.407 e. The number of amides is 1. The van der Waals surface area contributed by atoms with Crippen molar-refractivity contribution in [3.05, 3.63) is 71.8 Å². The highest BCUT2D eigenvalue weighted by Crippen LogP contribution is 2.32. The number of hydrogen-bond donors (Lipinski definition) is 2. The molecule has 1 heterocycles. The van der Waals surface area contributed by atoms with Crippen LogP contribution < -0.4 is 10.6 Å². The summed E-state index contributed by atoms with van der Waals surface area (Å²) in [5, 5.41) is 6.52. The fraction of sp³-hybridized carbons (Fsp3) is 0.350. The van der Waals surface area contributed by atoms with Crippen molar-refractivity contribution in [2.75, 3.05) is 13.2 Å². The third-order valence-electron chi connectivity index (χ3n) is 4.48. The fourth-order valence-electron chi connectivity index (χ4n) is 3.45. The van der Waals surface area contributed by atoms with E-state index in [9.17, 15) is 4.79 Å². The predicted octanol–water partition coefficient (Wildman–Crippen LogP) is 3.30. The van der Waals surface area contributed by atoms with Crippen LogP contribution in [0, 0.1) is 0 Å². The van der Waals surface area contributed by atoms with Crippen molar-refractivity contribution in [3.8, 4) is 0 Å². The fourth-order valence-corrected chi connectivity index (χ4v) is 3.45. The molecule has 0 aliphatic carbocycles. The first-order chi connectivity index (χ1) is 11.8. The first-order valence-corrected chi connectivity index (χ1v) is 8.54. The van der Waals surface area contributed by atoms with Crippen molar-refractivity contribution in [2.24, 2.45) is 0 Å². The highest BCUT2D eigenvalue weighted by molar-refractivity contribution is 5.67. The van der Waals surface area contributed by atoms with E-state index in [2.05, 4.69) is 59.2 Å². The first-order valence-electron chi connectivity index (χ1n) is 8.54. The summed E-state index contributed by atoms with van der Waals surface area (Å²) in [6.45, 7) is 2.97. The van der Waals surface area contributed by atoms with E-state index < -0.39 is 0 Å². The quantitative estimate of drug-likeness (QED) is 0.887. The molecule has 24 heavy (non-hydrogen) atoms. The largest absolute Gasteiger partial charge is 0.450 e. The van der Waals surface area contributed by atoms with E-state index in [0.717, 1.165) is 13.0 Å². The lowest BCUT2D eigenvalue weighted by atomic mass is 9.84. The molecule has 2 N–H and O–H groups in total. The Hall–Kier alpha value is -2.33. The van der Waals surface area contributed by atoms with Crippen LogP contribution in [-0.2, 0) is 4.74 Å². The molecule has 1 aliphatic rings. The van der Waals surface area contributed by atoms with Crippen molar-refractivity contribution in [3.63, 3.8) is 0 Å². The Balaban J connectivity index is 1.77. The number of nitrogens with one attached hydrogen (secondary N) is 2. The van der Waals surface area contributed by atoms with E-state index in [4.69, 9.17) is 4.74 Å². The summed E-state index contributed by atoms with van der Waals surface area (Å²) in [5.41, 5.74) is 2.58. The molecule has 1 saturated heterocycles. The van der Waals surface area contributed by atoms with Crippen LogP contribution in [-0.4, -0.2) is 31.3 Å². The van der Waals surface area contributed by atoms with Gasteiger partial charge >= 0.3 is 6.09 Å². The SMILES string of the molecule is CCOC(=O)N[C@@H]1CNC(C(c2ccccc2)c2ccccc2)C1. The van der Waals surface area contributed by atoms with Gasteiger partial charge in [-0.3, -0.25) is 0 Å². The predicted molar refractivity (Wildman–Crippen MR) is 95.1 cm³/mol. The number of ether oxygens (including phenoxy) is 1. The van der Waals surface area contributed by atoms with Crippen LogP contribution >= 0.6 is 0 Å². The van der Waals surface area contributed by atoms with Gasteiger partial charge in [-0.15, -0.1) is 0 Å². The topological polar surface area (TPSA) is 50.4 Å². The Kier molecular flexibility index (Phi) is 5.49. The Bertz CT molecular complexity index is 606. The highest BCUT2D eigenvalue weighted by atomic mass is 16.5. The number of rotatable bonds is 5. The van der Waals surface area contributed by atoms with Crippen molar-refractivity contribution in [2.45, 2.75) is 31.3 Å². The third kappa shape index (κ3) is 3.95. The zero-order valence-electron chi connectivity index (χ0n) is 13.9. The van der Waals surface area contributed by atoms with Gasteiger partial charge in [0, 0.05) is 24.5 Å². The number of benzene rings is 2. The van der Waals surface area contributed by atoms with Gasteiger partial charge in [-0.25, -0.2) is 4.79 Å². The van der Waals surface area contributed by atoms with Gasteiger partial charge in [0.15, 0.2) is 0 Å². The lowest BCUT2D eigenvalue weighted by Gasteiger charge is -2.25. The summed E-state index contributed by atoms with van der Waals surface area (Å²) in [5.74, 6) is 0.265. The highest BCUT2D eigenvalue weighted by Gasteiger charge is 2.33. The first kappa shape index (κ1) is 16.5. The van der Waals surface area contributed by atoms with Crippen molar-refractivity contribution < 1.29 is 9.53 Å². The molecule has 4 nitrogen and oxygen atoms in total. The van der Waals surface area contributed by atoms with Gasteiger partial charge in [0.2, 0.25) is 0 Å². The van der Waals surface area contributed by atoms with E-state index in [0.29, 0.717) is 6.61 Å². The maximum Gasteiger partial charge on any atom is 0.407 e. The van der Waals surface area contributed by atoms with Gasteiger partial charge in [-0.2, -0.15) is 0 Å². The third-order valence-corrected chi connectivity index (χ3v) is 4.48. The normalized spacial score (nSPS) is 20.1. The molecule has 0 aromatic heterocycles. The summed E-state index contributed by atoms with van der Waals surface area (Å²) in [6, 6.07) is 21.5. The summed E-state index contributed by atoms with van der Waals surface area (Å²) in [4.78, 5) is 11.7. The molecule has 0 saturated carbocycles. The van der Waals surface area contributed by atoms with E-state index >= 15 is 0 Å². The number of alkyl carbamates (subject to hydrolysis) is 1. The minimum absolute atomic E-state index is 0.101. The molecule has 2 aromatic rings. The Morgan fingerprint density at radius 1 is 1.12 bits per heavy atom. The lowest BCUT2D eigenvalue weighted by molar-refractivity contribution is 0.148. The number of hydrogen-bond acceptors (Lipinski definition) is 3. The Labute approximate surface area is 143 Å². The average Bonchev–Trinajstić information content (AvgIpc) is 3.05. The average molecular weight is 324 g/mol. The van der Waals surface area contributed by atoms with Crippen molar-refractivity contribution in [1.29, 1.82) is 0 Å². The minimum atomic E-state index is -0.332. The molecule has 3 rings (SSSR count). The molecule has 2 atom stereocenters. The second-order valence-corrected chi connectivity index (χ2v) is 6.11. The van der Waals surface area contributed by atoms with E-state index in [1.165, 1.54) is 11.1 Å². The molecular formula is C20H24N2O2. The van der Waals surface area contributed by atoms with E-state index in [1.807, 2.05) is 19.1 Å². The summed E-state index contributed by atoms with van der Waals surface area (Å²) in [6.07, 6.45) is 0.550. The summed E-state index contributed by atoms with van der Waals surface area (Å²) >= 11 is 0. The van der Waals surface area contributed by atoms with Crippen molar-refractivity contribution >= 4 is 6.09 Å². The summed E-state index contributed by atoms with van der Waals surface area (Å²) in [7, 11) is 0. The van der Waals surface area contributed by atoms with Gasteiger partial charge < -0.3 is 15.4 Å². The van der Waals surface area contributed by atoms with Crippen LogP contribution in [0.3, 0.4) is 0 Å². The molecule has 4 heteroatoms. The van der Waals surface area contributed by atoms with E-state index in [-0.39, 0.29) is 24.1 Å². The van der Waals surface area contributed by atoms with Crippen LogP contribution in [0.5, 0.6) is 0 Å². The zero-order valence-corrected chi connectivity index (χ0v) is 13.9. The van der Waals surface area contributed by atoms with Crippen LogP contribution in [0.2, 0.25) is 0 Å². The minimum Gasteiger partial charge on any atom is -0.450 e. The lowest BCUT2D eigenvalue weighted by Crippen LogP contribution is -2.36. The van der Waals surface area contributed by atoms with E-state index in [1.54, 1.807) is 0 Å². The van der Waals surface area contributed by atoms with Gasteiger partial charge in [0.1, 0.15) is 0 Å². The molecule has 0 bridgehead atoms. The molecule has 1 fully saturated rings. The number of carbonyl (C=O) groups is 1. The molecule has 1 amide bonds. The standard InChI is InChI=1S/C20H24N2O2/c1-2-24-20(23)22-17-13-18(21-14-17)19(15-9-5-3-6-10-15)16-11-7-4-8-12-16/h3-12,17-19,21H,2,13-14H2,1H3,(H,22,23)/t17-,18?/m0/s1. The monoisotopic (exact) mass is 324 g/mol. The maximum absolute atomic E-state index is 11.7. The molecule has 1 unspecified atom stereocenters. The van der Waals surface area contributed by atoms with Gasteiger partial charge in [0.25, 0.3) is 0 Å². The molecular weight excluding hydrogens is 300 g/mol. The van der Waals surface area contributed by atoms with Gasteiger partial charge in [-0.1, -0.05) is 60.7 Å². The Morgan fingerprint density at radius 2 is 1.71 bits per heavy atom. The molecule has 0 spiro atoms.